The Morgan fingerprint density at radius 2 is 1.50 bits per heavy atom. The Morgan fingerprint density at radius 1 is 0.853 bits per heavy atom. The van der Waals surface area contributed by atoms with Crippen LogP contribution in [0.5, 0.6) is 0 Å². The molecule has 0 atom stereocenters. The quantitative estimate of drug-likeness (QED) is 0.218. The van der Waals surface area contributed by atoms with Crippen molar-refractivity contribution in [1.29, 1.82) is 0 Å². The highest BCUT2D eigenvalue weighted by atomic mass is 19.1. The van der Waals surface area contributed by atoms with Gasteiger partial charge in [0.25, 0.3) is 0 Å². The summed E-state index contributed by atoms with van der Waals surface area (Å²) >= 11 is 0. The zero-order valence-electron chi connectivity index (χ0n) is 20.4. The number of halogens is 1. The van der Waals surface area contributed by atoms with E-state index in [0.29, 0.717) is 12.2 Å². The van der Waals surface area contributed by atoms with Crippen molar-refractivity contribution in [1.82, 2.24) is 0 Å². The van der Waals surface area contributed by atoms with Crippen molar-refractivity contribution in [3.05, 3.63) is 96.3 Å². The highest BCUT2D eigenvalue weighted by Crippen LogP contribution is 2.33. The summed E-state index contributed by atoms with van der Waals surface area (Å²) in [6.45, 7) is 7.41. The molecule has 3 aromatic rings. The Balaban J connectivity index is 1.35. The van der Waals surface area contributed by atoms with Gasteiger partial charge in [0, 0.05) is 12.2 Å². The summed E-state index contributed by atoms with van der Waals surface area (Å²) in [5.41, 5.74) is 5.98. The lowest BCUT2D eigenvalue weighted by Crippen LogP contribution is -2.13. The minimum Gasteiger partial charge on any atom is -0.377 e. The summed E-state index contributed by atoms with van der Waals surface area (Å²) in [4.78, 5) is 0. The molecule has 0 aliphatic heterocycles. The van der Waals surface area contributed by atoms with E-state index >= 15 is 0 Å². The van der Waals surface area contributed by atoms with Gasteiger partial charge < -0.3 is 4.74 Å². The van der Waals surface area contributed by atoms with E-state index in [-0.39, 0.29) is 5.82 Å². The van der Waals surface area contributed by atoms with Gasteiger partial charge in [-0.15, -0.1) is 6.58 Å². The maximum Gasteiger partial charge on any atom is 0.131 e. The third-order valence-electron chi connectivity index (χ3n) is 7.20. The predicted molar refractivity (Wildman–Crippen MR) is 141 cm³/mol. The molecule has 1 fully saturated rings. The van der Waals surface area contributed by atoms with E-state index in [0.717, 1.165) is 53.5 Å². The zero-order chi connectivity index (χ0) is 23.8. The summed E-state index contributed by atoms with van der Waals surface area (Å²) in [5.74, 6) is 1.38. The van der Waals surface area contributed by atoms with Crippen LogP contribution in [-0.2, 0) is 17.8 Å². The molecule has 0 amide bonds. The average molecular weight is 457 g/mol. The van der Waals surface area contributed by atoms with Crippen LogP contribution >= 0.6 is 0 Å². The molecule has 0 aromatic heterocycles. The first-order valence-electron chi connectivity index (χ1n) is 12.8. The molecule has 0 saturated heterocycles. The van der Waals surface area contributed by atoms with Crippen molar-refractivity contribution < 1.29 is 9.13 Å². The molecule has 0 bridgehead atoms. The molecule has 4 rings (SSSR count). The van der Waals surface area contributed by atoms with E-state index in [1.54, 1.807) is 6.07 Å². The normalized spacial score (nSPS) is 18.1. The average Bonchev–Trinajstić information content (AvgIpc) is 2.89. The molecule has 0 N–H and O–H groups in total. The van der Waals surface area contributed by atoms with Gasteiger partial charge in [-0.1, -0.05) is 73.7 Å². The van der Waals surface area contributed by atoms with Gasteiger partial charge in [-0.05, 0) is 90.7 Å². The van der Waals surface area contributed by atoms with Gasteiger partial charge in [-0.2, -0.15) is 0 Å². The van der Waals surface area contributed by atoms with Crippen molar-refractivity contribution in [2.45, 2.75) is 58.5 Å². The van der Waals surface area contributed by atoms with Crippen LogP contribution in [0.3, 0.4) is 0 Å². The molecule has 0 heterocycles. The predicted octanol–water partition coefficient (Wildman–Crippen LogP) is 9.01. The van der Waals surface area contributed by atoms with Gasteiger partial charge >= 0.3 is 0 Å². The fraction of sp³-hybridized carbons (Fsp3) is 0.375. The molecule has 34 heavy (non-hydrogen) atoms. The minimum absolute atomic E-state index is 0.188. The van der Waals surface area contributed by atoms with Crippen LogP contribution in [0.1, 0.15) is 56.6 Å². The first-order valence-corrected chi connectivity index (χ1v) is 12.8. The Bertz CT molecular complexity index is 1040. The number of allylic oxidation sites excluding steroid dienone is 1. The summed E-state index contributed by atoms with van der Waals surface area (Å²) in [6.07, 6.45) is 10.8. The summed E-state index contributed by atoms with van der Waals surface area (Å²) in [7, 11) is 0. The molecular formula is C32H37FO. The summed E-state index contributed by atoms with van der Waals surface area (Å²) in [6, 6.07) is 22.2. The van der Waals surface area contributed by atoms with E-state index < -0.39 is 0 Å². The lowest BCUT2D eigenvalue weighted by molar-refractivity contribution is 0.121. The van der Waals surface area contributed by atoms with Gasteiger partial charge in [0.2, 0.25) is 0 Å². The van der Waals surface area contributed by atoms with E-state index in [4.69, 9.17) is 4.74 Å². The van der Waals surface area contributed by atoms with Crippen LogP contribution in [0.2, 0.25) is 0 Å². The lowest BCUT2D eigenvalue weighted by atomic mass is 9.79. The largest absolute Gasteiger partial charge is 0.377 e. The first kappa shape index (κ1) is 24.4. The number of hydrogen-bond donors (Lipinski definition) is 0. The van der Waals surface area contributed by atoms with Gasteiger partial charge in [0.1, 0.15) is 5.82 Å². The second-order valence-electron chi connectivity index (χ2n) is 9.70. The molecule has 1 aliphatic rings. The Kier molecular flexibility index (Phi) is 8.71. The Labute approximate surface area is 204 Å². The van der Waals surface area contributed by atoms with Crippen LogP contribution < -0.4 is 0 Å². The van der Waals surface area contributed by atoms with Crippen molar-refractivity contribution in [2.24, 2.45) is 11.8 Å². The molecule has 0 radical (unpaired) electrons. The van der Waals surface area contributed by atoms with E-state index in [2.05, 4.69) is 43.8 Å². The van der Waals surface area contributed by atoms with Gasteiger partial charge in [-0.3, -0.25) is 0 Å². The Hall–Kier alpha value is -2.71. The summed E-state index contributed by atoms with van der Waals surface area (Å²) in [5, 5.41) is 0. The molecule has 2 heteroatoms. The standard InChI is InChI=1S/C32H37FO/c1-3-21-34-23-27-13-17-29(18-14-27)31-20-19-30(22-32(31)33)28-15-11-26(12-16-28)10-9-25-7-5-24(4-2)6-8-25/h4,11-20,22,24-25H,2-3,5-10,21,23H2,1H3. The second-order valence-corrected chi connectivity index (χ2v) is 9.70. The van der Waals surface area contributed by atoms with Crippen LogP contribution in [0.4, 0.5) is 4.39 Å². The third-order valence-corrected chi connectivity index (χ3v) is 7.20. The fourth-order valence-electron chi connectivity index (χ4n) is 4.99. The van der Waals surface area contributed by atoms with Gasteiger partial charge in [0.15, 0.2) is 0 Å². The first-order chi connectivity index (χ1) is 16.7. The van der Waals surface area contributed by atoms with Crippen LogP contribution in [0, 0.1) is 17.7 Å². The van der Waals surface area contributed by atoms with Gasteiger partial charge in [0.05, 0.1) is 6.61 Å². The molecule has 0 unspecified atom stereocenters. The van der Waals surface area contributed by atoms with E-state index in [1.165, 1.54) is 37.7 Å². The number of rotatable bonds is 10. The smallest absolute Gasteiger partial charge is 0.131 e. The monoisotopic (exact) mass is 456 g/mol. The molecule has 3 aromatic carbocycles. The maximum absolute atomic E-state index is 15.0. The number of hydrogen-bond acceptors (Lipinski definition) is 1. The number of ether oxygens (including phenoxy) is 1. The minimum atomic E-state index is -0.188. The molecule has 0 spiro atoms. The molecular weight excluding hydrogens is 419 g/mol. The second kappa shape index (κ2) is 12.1. The van der Waals surface area contributed by atoms with Crippen molar-refractivity contribution >= 4 is 0 Å². The van der Waals surface area contributed by atoms with E-state index in [9.17, 15) is 4.39 Å². The molecule has 1 nitrogen and oxygen atoms in total. The number of aryl methyl sites for hydroxylation is 1. The number of benzene rings is 3. The lowest BCUT2D eigenvalue weighted by Gasteiger charge is -2.26. The Morgan fingerprint density at radius 3 is 2.15 bits per heavy atom. The van der Waals surface area contributed by atoms with Gasteiger partial charge in [-0.25, -0.2) is 4.39 Å². The molecule has 1 aliphatic carbocycles. The highest BCUT2D eigenvalue weighted by molar-refractivity contribution is 5.71. The SMILES string of the molecule is C=CC1CCC(CCc2ccc(-c3ccc(-c4ccc(COCCC)cc4)c(F)c3)cc2)CC1. The van der Waals surface area contributed by atoms with Crippen LogP contribution in [-0.4, -0.2) is 6.61 Å². The van der Waals surface area contributed by atoms with Crippen LogP contribution in [0.15, 0.2) is 79.4 Å². The summed E-state index contributed by atoms with van der Waals surface area (Å²) < 4.78 is 20.6. The zero-order valence-corrected chi connectivity index (χ0v) is 20.4. The topological polar surface area (TPSA) is 9.23 Å². The van der Waals surface area contributed by atoms with Crippen LogP contribution in [0.25, 0.3) is 22.3 Å². The van der Waals surface area contributed by atoms with Crippen molar-refractivity contribution in [3.8, 4) is 22.3 Å². The highest BCUT2D eigenvalue weighted by Gasteiger charge is 2.18. The third kappa shape index (κ3) is 6.45. The molecule has 178 valence electrons. The van der Waals surface area contributed by atoms with Crippen molar-refractivity contribution in [3.63, 3.8) is 0 Å². The molecule has 1 saturated carbocycles. The van der Waals surface area contributed by atoms with Crippen molar-refractivity contribution in [2.75, 3.05) is 6.61 Å². The van der Waals surface area contributed by atoms with E-state index in [1.807, 2.05) is 36.4 Å². The fourth-order valence-corrected chi connectivity index (χ4v) is 4.99. The maximum atomic E-state index is 15.0.